The van der Waals surface area contributed by atoms with Crippen LogP contribution in [-0.2, 0) is 4.79 Å². The summed E-state index contributed by atoms with van der Waals surface area (Å²) < 4.78 is 0. The van der Waals surface area contributed by atoms with Gasteiger partial charge in [0.15, 0.2) is 0 Å². The maximum absolute atomic E-state index is 13.0. The summed E-state index contributed by atoms with van der Waals surface area (Å²) in [6, 6.07) is 8.59. The number of carbonyl (C=O) groups excluding carboxylic acids is 1. The summed E-state index contributed by atoms with van der Waals surface area (Å²) in [5.74, 6) is 0.232. The molecule has 4 aliphatic rings. The molecule has 1 aliphatic heterocycles. The van der Waals surface area contributed by atoms with Crippen LogP contribution in [0.5, 0.6) is 0 Å². The van der Waals surface area contributed by atoms with Gasteiger partial charge in [0.25, 0.3) is 0 Å². The number of nitrogens with zero attached hydrogens (tertiary/aromatic N) is 1. The van der Waals surface area contributed by atoms with Crippen LogP contribution >= 0.6 is 0 Å². The van der Waals surface area contributed by atoms with Crippen molar-refractivity contribution in [2.75, 3.05) is 6.54 Å². The lowest BCUT2D eigenvalue weighted by molar-refractivity contribution is -0.190. The number of hydrogen-bond donors (Lipinski definition) is 2. The largest absolute Gasteiger partial charge is 0.465 e. The summed E-state index contributed by atoms with van der Waals surface area (Å²) in [4.78, 5) is 25.9. The predicted octanol–water partition coefficient (Wildman–Crippen LogP) is 2.85. The van der Waals surface area contributed by atoms with Crippen LogP contribution in [0.25, 0.3) is 0 Å². The average Bonchev–Trinajstić information content (AvgIpc) is 2.89. The van der Waals surface area contributed by atoms with Crippen LogP contribution in [0.4, 0.5) is 4.79 Å². The van der Waals surface area contributed by atoms with E-state index in [0.717, 1.165) is 19.4 Å². The lowest BCUT2D eigenvalue weighted by Crippen LogP contribution is -2.78. The monoisotopic (exact) mass is 314 g/mol. The highest BCUT2D eigenvalue weighted by molar-refractivity contribution is 5.88. The van der Waals surface area contributed by atoms with Gasteiger partial charge in [-0.2, -0.15) is 0 Å². The molecular formula is C18H22N2O3. The first-order valence-corrected chi connectivity index (χ1v) is 8.32. The van der Waals surface area contributed by atoms with Gasteiger partial charge in [0.1, 0.15) is 0 Å². The molecule has 5 rings (SSSR count). The van der Waals surface area contributed by atoms with E-state index in [1.165, 1.54) is 11.1 Å². The third-order valence-electron chi connectivity index (χ3n) is 5.80. The van der Waals surface area contributed by atoms with Gasteiger partial charge >= 0.3 is 6.09 Å². The quantitative estimate of drug-likeness (QED) is 0.901. The maximum atomic E-state index is 13.0. The molecule has 0 aromatic heterocycles. The van der Waals surface area contributed by atoms with Crippen molar-refractivity contribution in [3.8, 4) is 0 Å². The Labute approximate surface area is 135 Å². The second-order valence-electron chi connectivity index (χ2n) is 7.59. The molecule has 0 radical (unpaired) electrons. The van der Waals surface area contributed by atoms with E-state index in [1.807, 2.05) is 4.90 Å². The Morgan fingerprint density at radius 1 is 1.30 bits per heavy atom. The second kappa shape index (κ2) is 4.73. The van der Waals surface area contributed by atoms with Crippen molar-refractivity contribution in [2.45, 2.75) is 50.6 Å². The van der Waals surface area contributed by atoms with E-state index in [4.69, 9.17) is 5.11 Å². The molecule has 3 saturated carbocycles. The van der Waals surface area contributed by atoms with Gasteiger partial charge in [0.05, 0.1) is 11.5 Å². The number of benzene rings is 1. The second-order valence-corrected chi connectivity index (χ2v) is 7.59. The number of likely N-dealkylation sites (tertiary alicyclic amines) is 1. The number of carboxylic acid groups (broad SMARTS) is 1. The number of amides is 2. The highest BCUT2D eigenvalue weighted by atomic mass is 16.4. The van der Waals surface area contributed by atoms with Gasteiger partial charge < -0.3 is 15.3 Å². The maximum Gasteiger partial charge on any atom is 0.405 e. The van der Waals surface area contributed by atoms with Crippen molar-refractivity contribution in [3.63, 3.8) is 0 Å². The fraction of sp³-hybridized carbons (Fsp3) is 0.556. The van der Waals surface area contributed by atoms with E-state index in [1.54, 1.807) is 0 Å². The SMILES string of the molecule is Cc1cccc(C2CCCN2C(=O)C23CC(NC(=O)O)(C2)C3)c1. The topological polar surface area (TPSA) is 69.6 Å². The van der Waals surface area contributed by atoms with E-state index >= 15 is 0 Å². The molecule has 23 heavy (non-hydrogen) atoms. The van der Waals surface area contributed by atoms with Gasteiger partial charge in [0, 0.05) is 12.1 Å². The Morgan fingerprint density at radius 3 is 2.70 bits per heavy atom. The molecule has 0 spiro atoms. The summed E-state index contributed by atoms with van der Waals surface area (Å²) in [7, 11) is 0. The molecule has 1 saturated heterocycles. The number of hydrogen-bond acceptors (Lipinski definition) is 2. The fourth-order valence-corrected chi connectivity index (χ4v) is 4.91. The third kappa shape index (κ3) is 2.13. The van der Waals surface area contributed by atoms with Gasteiger partial charge in [-0.3, -0.25) is 4.79 Å². The normalized spacial score (nSPS) is 34.5. The Kier molecular flexibility index (Phi) is 2.99. The van der Waals surface area contributed by atoms with Gasteiger partial charge in [0.2, 0.25) is 5.91 Å². The standard InChI is InChI=1S/C18H22N2O3/c1-12-4-2-5-13(8-12)14-6-3-7-20(14)15(21)17-9-18(10-17,11-17)19-16(22)23/h2,4-5,8,14,19H,3,6-7,9-11H2,1H3,(H,22,23). The summed E-state index contributed by atoms with van der Waals surface area (Å²) in [6.45, 7) is 2.89. The zero-order valence-electron chi connectivity index (χ0n) is 13.3. The Balaban J connectivity index is 1.48. The average molecular weight is 314 g/mol. The van der Waals surface area contributed by atoms with Crippen molar-refractivity contribution in [2.24, 2.45) is 5.41 Å². The van der Waals surface area contributed by atoms with Crippen LogP contribution in [0.15, 0.2) is 24.3 Å². The molecule has 1 heterocycles. The minimum absolute atomic E-state index is 0.180. The fourth-order valence-electron chi connectivity index (χ4n) is 4.91. The minimum Gasteiger partial charge on any atom is -0.465 e. The smallest absolute Gasteiger partial charge is 0.405 e. The molecule has 1 aromatic rings. The molecule has 2 N–H and O–H groups in total. The zero-order chi connectivity index (χ0) is 16.2. The van der Waals surface area contributed by atoms with E-state index in [0.29, 0.717) is 19.3 Å². The van der Waals surface area contributed by atoms with Gasteiger partial charge in [-0.05, 0) is 44.6 Å². The van der Waals surface area contributed by atoms with Gasteiger partial charge in [-0.1, -0.05) is 29.8 Å². The number of aryl methyl sites for hydroxylation is 1. The molecular weight excluding hydrogens is 292 g/mol. The van der Waals surface area contributed by atoms with Gasteiger partial charge in [-0.15, -0.1) is 0 Å². The molecule has 5 heteroatoms. The zero-order valence-corrected chi connectivity index (χ0v) is 13.3. The highest BCUT2D eigenvalue weighted by Gasteiger charge is 2.73. The Bertz CT molecular complexity index is 665. The molecule has 1 unspecified atom stereocenters. The van der Waals surface area contributed by atoms with Crippen LogP contribution in [-0.4, -0.2) is 34.1 Å². The van der Waals surface area contributed by atoms with Crippen molar-refractivity contribution in [1.29, 1.82) is 0 Å². The predicted molar refractivity (Wildman–Crippen MR) is 85.0 cm³/mol. The van der Waals surface area contributed by atoms with Crippen molar-refractivity contribution in [1.82, 2.24) is 10.2 Å². The van der Waals surface area contributed by atoms with E-state index in [2.05, 4.69) is 36.5 Å². The van der Waals surface area contributed by atoms with E-state index < -0.39 is 6.09 Å². The van der Waals surface area contributed by atoms with Crippen molar-refractivity contribution < 1.29 is 14.7 Å². The lowest BCUT2D eigenvalue weighted by atomic mass is 9.39. The third-order valence-corrected chi connectivity index (χ3v) is 5.80. The first-order chi connectivity index (χ1) is 10.9. The summed E-state index contributed by atoms with van der Waals surface area (Å²) in [5.41, 5.74) is 1.83. The highest BCUT2D eigenvalue weighted by Crippen LogP contribution is 2.68. The van der Waals surface area contributed by atoms with E-state index in [9.17, 15) is 9.59 Å². The van der Waals surface area contributed by atoms with Crippen LogP contribution in [0, 0.1) is 12.3 Å². The van der Waals surface area contributed by atoms with Crippen molar-refractivity contribution in [3.05, 3.63) is 35.4 Å². The number of rotatable bonds is 3. The van der Waals surface area contributed by atoms with E-state index in [-0.39, 0.29) is 22.9 Å². The molecule has 4 fully saturated rings. The first-order valence-electron chi connectivity index (χ1n) is 8.32. The van der Waals surface area contributed by atoms with Crippen LogP contribution < -0.4 is 5.32 Å². The molecule has 122 valence electrons. The summed E-state index contributed by atoms with van der Waals surface area (Å²) >= 11 is 0. The van der Waals surface area contributed by atoms with Crippen LogP contribution in [0.2, 0.25) is 0 Å². The number of nitrogens with one attached hydrogen (secondary N) is 1. The van der Waals surface area contributed by atoms with Crippen LogP contribution in [0.1, 0.15) is 49.3 Å². The van der Waals surface area contributed by atoms with Crippen molar-refractivity contribution >= 4 is 12.0 Å². The minimum atomic E-state index is -0.982. The Hall–Kier alpha value is -2.04. The van der Waals surface area contributed by atoms with Gasteiger partial charge in [-0.25, -0.2) is 4.79 Å². The molecule has 2 amide bonds. The lowest BCUT2D eigenvalue weighted by Gasteiger charge is -2.69. The molecule has 5 nitrogen and oxygen atoms in total. The number of carbonyl (C=O) groups is 2. The summed E-state index contributed by atoms with van der Waals surface area (Å²) in [6.07, 6.45) is 3.08. The first kappa shape index (κ1) is 14.5. The van der Waals surface area contributed by atoms with Crippen LogP contribution in [0.3, 0.4) is 0 Å². The summed E-state index contributed by atoms with van der Waals surface area (Å²) in [5, 5.41) is 11.5. The molecule has 3 aliphatic carbocycles. The molecule has 1 aromatic carbocycles. The Morgan fingerprint density at radius 2 is 2.04 bits per heavy atom. The molecule has 2 bridgehead atoms. The molecule has 1 atom stereocenters.